The molecule has 0 atom stereocenters. The highest BCUT2D eigenvalue weighted by molar-refractivity contribution is 7.91. The number of piperidine rings is 1. The van der Waals surface area contributed by atoms with Crippen molar-refractivity contribution in [1.29, 1.82) is 0 Å². The van der Waals surface area contributed by atoms with Crippen molar-refractivity contribution in [2.45, 2.75) is 30.0 Å². The number of aromatic carboxylic acids is 1. The van der Waals surface area contributed by atoms with Crippen molar-refractivity contribution in [3.63, 3.8) is 0 Å². The Hall–Kier alpha value is -0.960. The van der Waals surface area contributed by atoms with Crippen LogP contribution in [0.1, 0.15) is 29.4 Å². The standard InChI is InChI=1S/C13H20N2O4S2/c1-3-15-8-6-10(7-9-15)14(2)21(18,19)12-5-4-11(20-12)13(16)17/h4-5,10H,3,6-9H2,1-2H3,(H,16,17). The Balaban J connectivity index is 2.13. The van der Waals surface area contributed by atoms with Gasteiger partial charge in [-0.2, -0.15) is 4.31 Å². The molecule has 0 bridgehead atoms. The van der Waals surface area contributed by atoms with Crippen LogP contribution in [0.2, 0.25) is 0 Å². The number of carboxylic acid groups (broad SMARTS) is 1. The third-order valence-corrected chi connectivity index (χ3v) is 7.39. The number of sulfonamides is 1. The monoisotopic (exact) mass is 332 g/mol. The van der Waals surface area contributed by atoms with Gasteiger partial charge in [-0.3, -0.25) is 0 Å². The first-order chi connectivity index (χ1) is 9.86. The molecular weight excluding hydrogens is 312 g/mol. The Morgan fingerprint density at radius 2 is 2.05 bits per heavy atom. The molecule has 0 aliphatic carbocycles. The average molecular weight is 332 g/mol. The van der Waals surface area contributed by atoms with Crippen LogP contribution in [0.5, 0.6) is 0 Å². The van der Waals surface area contributed by atoms with E-state index in [9.17, 15) is 13.2 Å². The molecule has 0 unspecified atom stereocenters. The van der Waals surface area contributed by atoms with Gasteiger partial charge in [0, 0.05) is 13.1 Å². The lowest BCUT2D eigenvalue weighted by Gasteiger charge is -2.35. The van der Waals surface area contributed by atoms with E-state index in [1.54, 1.807) is 7.05 Å². The molecule has 1 aromatic rings. The first kappa shape index (κ1) is 16.4. The summed E-state index contributed by atoms with van der Waals surface area (Å²) in [5.74, 6) is -1.10. The van der Waals surface area contributed by atoms with Gasteiger partial charge in [0.15, 0.2) is 0 Å². The summed E-state index contributed by atoms with van der Waals surface area (Å²) in [5, 5.41) is 8.90. The predicted molar refractivity (Wildman–Crippen MR) is 81.4 cm³/mol. The van der Waals surface area contributed by atoms with E-state index < -0.39 is 16.0 Å². The first-order valence-electron chi connectivity index (χ1n) is 6.89. The SMILES string of the molecule is CCN1CCC(N(C)S(=O)(=O)c2ccc(C(=O)O)s2)CC1. The summed E-state index contributed by atoms with van der Waals surface area (Å²) in [4.78, 5) is 13.2. The van der Waals surface area contributed by atoms with E-state index in [1.165, 1.54) is 16.4 Å². The van der Waals surface area contributed by atoms with Crippen molar-refractivity contribution in [2.24, 2.45) is 0 Å². The number of carboxylic acids is 1. The molecule has 6 nitrogen and oxygen atoms in total. The number of nitrogens with zero attached hydrogens (tertiary/aromatic N) is 2. The van der Waals surface area contributed by atoms with Gasteiger partial charge in [0.05, 0.1) is 0 Å². The second-order valence-corrected chi connectivity index (χ2v) is 8.42. The number of hydrogen-bond donors (Lipinski definition) is 1. The summed E-state index contributed by atoms with van der Waals surface area (Å²) in [6, 6.07) is 2.70. The molecule has 0 amide bonds. The minimum absolute atomic E-state index is 0.0202. The minimum Gasteiger partial charge on any atom is -0.477 e. The molecule has 118 valence electrons. The van der Waals surface area contributed by atoms with Crippen LogP contribution >= 0.6 is 11.3 Å². The van der Waals surface area contributed by atoms with Crippen molar-refractivity contribution in [1.82, 2.24) is 9.21 Å². The number of hydrogen-bond acceptors (Lipinski definition) is 5. The fourth-order valence-electron chi connectivity index (χ4n) is 2.51. The quantitative estimate of drug-likeness (QED) is 0.885. The van der Waals surface area contributed by atoms with Crippen LogP contribution in [-0.4, -0.2) is 61.4 Å². The summed E-state index contributed by atoms with van der Waals surface area (Å²) in [5.41, 5.74) is 0. The summed E-state index contributed by atoms with van der Waals surface area (Å²) in [7, 11) is -2.02. The summed E-state index contributed by atoms with van der Waals surface area (Å²) in [6.07, 6.45) is 1.61. The molecule has 2 rings (SSSR count). The van der Waals surface area contributed by atoms with Crippen LogP contribution in [0.4, 0.5) is 0 Å². The van der Waals surface area contributed by atoms with Gasteiger partial charge in [-0.05, 0) is 44.6 Å². The highest BCUT2D eigenvalue weighted by Crippen LogP contribution is 2.27. The van der Waals surface area contributed by atoms with E-state index in [1.807, 2.05) is 0 Å². The fourth-order valence-corrected chi connectivity index (χ4v) is 5.26. The molecule has 1 aliphatic rings. The van der Waals surface area contributed by atoms with Crippen LogP contribution < -0.4 is 0 Å². The van der Waals surface area contributed by atoms with Crippen LogP contribution in [-0.2, 0) is 10.0 Å². The number of likely N-dealkylation sites (tertiary alicyclic amines) is 1. The molecule has 1 saturated heterocycles. The van der Waals surface area contributed by atoms with Gasteiger partial charge in [0.2, 0.25) is 0 Å². The largest absolute Gasteiger partial charge is 0.477 e. The zero-order valence-corrected chi connectivity index (χ0v) is 13.8. The number of rotatable bonds is 5. The third kappa shape index (κ3) is 3.45. The van der Waals surface area contributed by atoms with Crippen molar-refractivity contribution in [2.75, 3.05) is 26.7 Å². The van der Waals surface area contributed by atoms with Gasteiger partial charge >= 0.3 is 5.97 Å². The second kappa shape index (κ2) is 6.43. The normalized spacial score (nSPS) is 18.2. The smallest absolute Gasteiger partial charge is 0.345 e. The molecule has 1 N–H and O–H groups in total. The molecule has 0 saturated carbocycles. The van der Waals surface area contributed by atoms with E-state index in [4.69, 9.17) is 5.11 Å². The predicted octanol–water partition coefficient (Wildman–Crippen LogP) is 1.55. The molecule has 0 spiro atoms. The summed E-state index contributed by atoms with van der Waals surface area (Å²) < 4.78 is 26.6. The molecule has 0 radical (unpaired) electrons. The molecule has 2 heterocycles. The van der Waals surface area contributed by atoms with Crippen LogP contribution in [0, 0.1) is 0 Å². The minimum atomic E-state index is -3.61. The lowest BCUT2D eigenvalue weighted by atomic mass is 10.1. The maximum absolute atomic E-state index is 12.5. The van der Waals surface area contributed by atoms with Gasteiger partial charge in [-0.1, -0.05) is 6.92 Å². The van der Waals surface area contributed by atoms with Gasteiger partial charge in [0.1, 0.15) is 9.09 Å². The van der Waals surface area contributed by atoms with E-state index in [-0.39, 0.29) is 15.1 Å². The first-order valence-corrected chi connectivity index (χ1v) is 9.15. The Morgan fingerprint density at radius 3 is 2.52 bits per heavy atom. The zero-order chi connectivity index (χ0) is 15.6. The molecular formula is C13H20N2O4S2. The Labute approximate surface area is 129 Å². The van der Waals surface area contributed by atoms with E-state index in [2.05, 4.69) is 11.8 Å². The van der Waals surface area contributed by atoms with Crippen molar-refractivity contribution >= 4 is 27.3 Å². The van der Waals surface area contributed by atoms with Crippen molar-refractivity contribution < 1.29 is 18.3 Å². The van der Waals surface area contributed by atoms with Gasteiger partial charge in [-0.25, -0.2) is 13.2 Å². The molecule has 8 heteroatoms. The van der Waals surface area contributed by atoms with Crippen LogP contribution in [0.3, 0.4) is 0 Å². The van der Waals surface area contributed by atoms with E-state index in [0.717, 1.165) is 43.8 Å². The summed E-state index contributed by atoms with van der Waals surface area (Å²) >= 11 is 0.806. The molecule has 1 aliphatic heterocycles. The van der Waals surface area contributed by atoms with Crippen molar-refractivity contribution in [3.8, 4) is 0 Å². The molecule has 1 aromatic heterocycles. The third-order valence-electron chi connectivity index (χ3n) is 3.94. The average Bonchev–Trinajstić information content (AvgIpc) is 2.97. The molecule has 0 aromatic carbocycles. The van der Waals surface area contributed by atoms with E-state index in [0.29, 0.717) is 0 Å². The van der Waals surface area contributed by atoms with Gasteiger partial charge in [0.25, 0.3) is 10.0 Å². The molecule has 21 heavy (non-hydrogen) atoms. The van der Waals surface area contributed by atoms with Gasteiger partial charge < -0.3 is 10.0 Å². The maximum Gasteiger partial charge on any atom is 0.345 e. The molecule has 1 fully saturated rings. The van der Waals surface area contributed by atoms with Crippen LogP contribution in [0.15, 0.2) is 16.3 Å². The van der Waals surface area contributed by atoms with Crippen molar-refractivity contribution in [3.05, 3.63) is 17.0 Å². The highest BCUT2D eigenvalue weighted by atomic mass is 32.2. The van der Waals surface area contributed by atoms with Crippen LogP contribution in [0.25, 0.3) is 0 Å². The highest BCUT2D eigenvalue weighted by Gasteiger charge is 2.31. The number of carbonyl (C=O) groups is 1. The fraction of sp³-hybridized carbons (Fsp3) is 0.615. The maximum atomic E-state index is 12.5. The van der Waals surface area contributed by atoms with Gasteiger partial charge in [-0.15, -0.1) is 11.3 Å². The Morgan fingerprint density at radius 1 is 1.43 bits per heavy atom. The van der Waals surface area contributed by atoms with E-state index >= 15 is 0 Å². The lowest BCUT2D eigenvalue weighted by molar-refractivity contribution is 0.0702. The lowest BCUT2D eigenvalue weighted by Crippen LogP contribution is -2.45. The Kier molecular flexibility index (Phi) is 5.03. The zero-order valence-electron chi connectivity index (χ0n) is 12.2. The Bertz CT molecular complexity index is 603. The second-order valence-electron chi connectivity index (χ2n) is 5.11. The topological polar surface area (TPSA) is 77.9 Å². The summed E-state index contributed by atoms with van der Waals surface area (Å²) in [6.45, 7) is 4.87. The number of thiophene rings is 1.